The first-order valence-electron chi connectivity index (χ1n) is 16.3. The van der Waals surface area contributed by atoms with E-state index < -0.39 is 0 Å². The maximum absolute atomic E-state index is 4.09. The van der Waals surface area contributed by atoms with Crippen molar-refractivity contribution < 1.29 is 0 Å². The third-order valence-corrected chi connectivity index (χ3v) is 7.82. The summed E-state index contributed by atoms with van der Waals surface area (Å²) < 4.78 is 0. The van der Waals surface area contributed by atoms with Crippen molar-refractivity contribution in [3.05, 3.63) is 30.1 Å². The smallest absolute Gasteiger partial charge is 0.0270 e. The number of rotatable bonds is 28. The molecule has 0 bridgehead atoms. The Morgan fingerprint density at radius 2 is 0.629 bits per heavy atom. The van der Waals surface area contributed by atoms with Crippen LogP contribution in [0, 0.1) is 0 Å². The van der Waals surface area contributed by atoms with Gasteiger partial charge in [-0.25, -0.2) is 0 Å². The molecule has 1 rings (SSSR count). The number of hydrogen-bond donors (Lipinski definition) is 0. The van der Waals surface area contributed by atoms with E-state index in [1.54, 1.807) is 0 Å². The van der Waals surface area contributed by atoms with Crippen molar-refractivity contribution in [2.24, 2.45) is 0 Å². The second kappa shape index (κ2) is 27.7. The van der Waals surface area contributed by atoms with Gasteiger partial charge in [-0.2, -0.15) is 0 Å². The zero-order chi connectivity index (χ0) is 24.9. The molecule has 1 aromatic rings. The summed E-state index contributed by atoms with van der Waals surface area (Å²) in [5.41, 5.74) is 1.44. The minimum absolute atomic E-state index is 1.22. The quantitative estimate of drug-likeness (QED) is 0.107. The molecule has 0 radical (unpaired) electrons. The fourth-order valence-corrected chi connectivity index (χ4v) is 5.37. The zero-order valence-corrected chi connectivity index (χ0v) is 24.1. The number of nitrogens with zero attached hydrogens (tertiary/aromatic N) is 1. The maximum atomic E-state index is 4.09. The largest absolute Gasteiger partial charge is 0.265 e. The van der Waals surface area contributed by atoms with E-state index >= 15 is 0 Å². The average molecular weight is 486 g/mol. The van der Waals surface area contributed by atoms with Gasteiger partial charge in [-0.05, 0) is 30.5 Å². The molecule has 0 aliphatic carbocycles. The van der Waals surface area contributed by atoms with E-state index in [2.05, 4.69) is 24.0 Å². The molecule has 0 aliphatic heterocycles. The van der Waals surface area contributed by atoms with E-state index in [-0.39, 0.29) is 0 Å². The second-order valence-corrected chi connectivity index (χ2v) is 11.3. The molecule has 0 amide bonds. The first-order valence-corrected chi connectivity index (χ1v) is 16.3. The predicted octanol–water partition coefficient (Wildman–Crippen LogP) is 12.2. The normalized spacial score (nSPS) is 11.3. The zero-order valence-electron chi connectivity index (χ0n) is 24.1. The van der Waals surface area contributed by atoms with Gasteiger partial charge < -0.3 is 0 Å². The Hall–Kier alpha value is -0.850. The third kappa shape index (κ3) is 24.6. The van der Waals surface area contributed by atoms with Crippen molar-refractivity contribution in [3.63, 3.8) is 0 Å². The molecule has 1 heterocycles. The minimum atomic E-state index is 1.22. The molecule has 1 heteroatoms. The van der Waals surface area contributed by atoms with Gasteiger partial charge in [0, 0.05) is 12.4 Å². The first kappa shape index (κ1) is 32.2. The van der Waals surface area contributed by atoms with E-state index in [1.165, 1.54) is 185 Å². The van der Waals surface area contributed by atoms with E-state index in [0.29, 0.717) is 0 Å². The molecular weight excluding hydrogens is 422 g/mol. The van der Waals surface area contributed by atoms with Crippen LogP contribution in [0.25, 0.3) is 0 Å². The third-order valence-electron chi connectivity index (χ3n) is 7.82. The van der Waals surface area contributed by atoms with Gasteiger partial charge in [-0.3, -0.25) is 4.98 Å². The van der Waals surface area contributed by atoms with Crippen molar-refractivity contribution in [1.29, 1.82) is 0 Å². The molecule has 0 N–H and O–H groups in total. The van der Waals surface area contributed by atoms with Crippen LogP contribution < -0.4 is 0 Å². The van der Waals surface area contributed by atoms with Crippen LogP contribution in [0.1, 0.15) is 186 Å². The van der Waals surface area contributed by atoms with Crippen LogP contribution in [0.5, 0.6) is 0 Å². The molecule has 204 valence electrons. The molecular formula is C34H63N. The minimum Gasteiger partial charge on any atom is -0.265 e. The summed E-state index contributed by atoms with van der Waals surface area (Å²) in [6, 6.07) is 4.31. The molecule has 0 aromatic carbocycles. The standard InChI is InChI=1S/C34H63N/c1-2-3-4-5-6-7-8-9-10-11-12-13-14-15-16-17-18-19-20-21-22-23-24-25-26-27-28-29-34-30-32-35-33-31-34/h30-33H,2-29H2,1H3. The van der Waals surface area contributed by atoms with Crippen LogP contribution >= 0.6 is 0 Å². The maximum Gasteiger partial charge on any atom is 0.0270 e. The van der Waals surface area contributed by atoms with Gasteiger partial charge in [-0.15, -0.1) is 0 Å². The Kier molecular flexibility index (Phi) is 25.5. The molecule has 1 aromatic heterocycles. The number of unbranched alkanes of at least 4 members (excludes halogenated alkanes) is 26. The molecule has 35 heavy (non-hydrogen) atoms. The van der Waals surface area contributed by atoms with Gasteiger partial charge in [0.25, 0.3) is 0 Å². The van der Waals surface area contributed by atoms with Crippen LogP contribution in [0.2, 0.25) is 0 Å². The molecule has 1 nitrogen and oxygen atoms in total. The van der Waals surface area contributed by atoms with Gasteiger partial charge in [-0.1, -0.05) is 174 Å². The highest BCUT2D eigenvalue weighted by Gasteiger charge is 1.97. The lowest BCUT2D eigenvalue weighted by Crippen LogP contribution is -1.87. The SMILES string of the molecule is CCCCCCCCCCCCCCCCCCCCCCCCCCCCCc1ccncc1. The fraction of sp³-hybridized carbons (Fsp3) is 0.853. The summed E-state index contributed by atoms with van der Waals surface area (Å²) in [6.45, 7) is 2.30. The molecule has 0 spiro atoms. The van der Waals surface area contributed by atoms with Crippen LogP contribution in [0.15, 0.2) is 24.5 Å². The van der Waals surface area contributed by atoms with Gasteiger partial charge >= 0.3 is 0 Å². The fourth-order valence-electron chi connectivity index (χ4n) is 5.37. The van der Waals surface area contributed by atoms with Gasteiger partial charge in [0.1, 0.15) is 0 Å². The second-order valence-electron chi connectivity index (χ2n) is 11.3. The topological polar surface area (TPSA) is 12.9 Å². The predicted molar refractivity (Wildman–Crippen MR) is 158 cm³/mol. The van der Waals surface area contributed by atoms with Crippen molar-refractivity contribution in [1.82, 2.24) is 4.98 Å². The molecule has 0 saturated heterocycles. The van der Waals surface area contributed by atoms with Crippen molar-refractivity contribution in [2.75, 3.05) is 0 Å². The van der Waals surface area contributed by atoms with Crippen molar-refractivity contribution in [3.8, 4) is 0 Å². The Balaban J connectivity index is 1.63. The lowest BCUT2D eigenvalue weighted by atomic mass is 10.0. The molecule has 0 aliphatic rings. The summed E-state index contributed by atoms with van der Waals surface area (Å²) in [4.78, 5) is 4.09. The van der Waals surface area contributed by atoms with Crippen molar-refractivity contribution in [2.45, 2.75) is 187 Å². The van der Waals surface area contributed by atoms with Crippen LogP contribution in [-0.4, -0.2) is 4.98 Å². The number of hydrogen-bond acceptors (Lipinski definition) is 1. The van der Waals surface area contributed by atoms with Gasteiger partial charge in [0.15, 0.2) is 0 Å². The Morgan fingerprint density at radius 1 is 0.371 bits per heavy atom. The number of pyridine rings is 1. The van der Waals surface area contributed by atoms with E-state index in [0.717, 1.165) is 0 Å². The monoisotopic (exact) mass is 485 g/mol. The number of aryl methyl sites for hydroxylation is 1. The summed E-state index contributed by atoms with van der Waals surface area (Å²) in [7, 11) is 0. The van der Waals surface area contributed by atoms with Crippen molar-refractivity contribution >= 4 is 0 Å². The highest BCUT2D eigenvalue weighted by molar-refractivity contribution is 5.09. The van der Waals surface area contributed by atoms with Crippen LogP contribution in [-0.2, 0) is 6.42 Å². The summed E-state index contributed by atoms with van der Waals surface area (Å²) in [5.74, 6) is 0. The Morgan fingerprint density at radius 3 is 0.914 bits per heavy atom. The highest BCUT2D eigenvalue weighted by Crippen LogP contribution is 2.16. The van der Waals surface area contributed by atoms with Gasteiger partial charge in [0.2, 0.25) is 0 Å². The average Bonchev–Trinajstić information content (AvgIpc) is 2.89. The van der Waals surface area contributed by atoms with Gasteiger partial charge in [0.05, 0.1) is 0 Å². The van der Waals surface area contributed by atoms with Crippen LogP contribution in [0.3, 0.4) is 0 Å². The summed E-state index contributed by atoms with van der Waals surface area (Å²) in [6.07, 6.45) is 44.5. The van der Waals surface area contributed by atoms with E-state index in [4.69, 9.17) is 0 Å². The van der Waals surface area contributed by atoms with Crippen LogP contribution in [0.4, 0.5) is 0 Å². The first-order chi connectivity index (χ1) is 17.4. The Labute approximate surface area is 221 Å². The lowest BCUT2D eigenvalue weighted by molar-refractivity contribution is 0.514. The molecule has 0 atom stereocenters. The van der Waals surface area contributed by atoms with E-state index in [9.17, 15) is 0 Å². The molecule has 0 fully saturated rings. The number of aromatic nitrogens is 1. The summed E-state index contributed by atoms with van der Waals surface area (Å²) >= 11 is 0. The summed E-state index contributed by atoms with van der Waals surface area (Å²) in [5, 5.41) is 0. The van der Waals surface area contributed by atoms with E-state index in [1.807, 2.05) is 12.4 Å². The lowest BCUT2D eigenvalue weighted by Gasteiger charge is -2.04. The molecule has 0 saturated carbocycles. The molecule has 0 unspecified atom stereocenters. The Bertz CT molecular complexity index is 497. The highest BCUT2D eigenvalue weighted by atomic mass is 14.6.